The molecule has 0 aliphatic carbocycles. The summed E-state index contributed by atoms with van der Waals surface area (Å²) in [6.45, 7) is 0. The zero-order valence-electron chi connectivity index (χ0n) is 12.6. The van der Waals surface area contributed by atoms with Crippen LogP contribution in [-0.4, -0.2) is 19.1 Å². The quantitative estimate of drug-likeness (QED) is 0.641. The number of nitrogens with zero attached hydrogens (tertiary/aromatic N) is 2. The van der Waals surface area contributed by atoms with E-state index in [2.05, 4.69) is 68.3 Å². The molecule has 0 aliphatic rings. The first-order chi connectivity index (χ1) is 10.6. The Labute approximate surface area is 139 Å². The van der Waals surface area contributed by atoms with Crippen molar-refractivity contribution < 1.29 is 0 Å². The molecule has 1 heterocycles. The molecule has 0 atom stereocenters. The van der Waals surface area contributed by atoms with Crippen LogP contribution < -0.4 is 4.90 Å². The van der Waals surface area contributed by atoms with Crippen LogP contribution in [0, 0.1) is 0 Å². The van der Waals surface area contributed by atoms with E-state index in [0.717, 1.165) is 20.9 Å². The lowest BCUT2D eigenvalue weighted by Crippen LogP contribution is -2.07. The van der Waals surface area contributed by atoms with E-state index in [4.69, 9.17) is 0 Å². The van der Waals surface area contributed by atoms with Gasteiger partial charge in [0.15, 0.2) is 0 Å². The Bertz CT molecular complexity index is 820. The van der Waals surface area contributed by atoms with Crippen molar-refractivity contribution in [1.82, 2.24) is 4.98 Å². The number of anilines is 1. The van der Waals surface area contributed by atoms with Crippen LogP contribution in [-0.2, 0) is 0 Å². The Morgan fingerprint density at radius 3 is 2.41 bits per heavy atom. The Hall–Kier alpha value is -2.13. The second-order valence-corrected chi connectivity index (χ2v) is 6.21. The molecule has 0 spiro atoms. The van der Waals surface area contributed by atoms with Gasteiger partial charge in [-0.05, 0) is 45.3 Å². The highest BCUT2D eigenvalue weighted by molar-refractivity contribution is 9.10. The molecular formula is C19H17BrN2. The number of aromatic nitrogens is 1. The topological polar surface area (TPSA) is 16.1 Å². The maximum atomic E-state index is 4.44. The van der Waals surface area contributed by atoms with Crippen molar-refractivity contribution in [3.8, 4) is 0 Å². The largest absolute Gasteiger partial charge is 0.378 e. The minimum atomic E-state index is 1.01. The molecule has 1 aromatic heterocycles. The van der Waals surface area contributed by atoms with Crippen LogP contribution in [0.25, 0.3) is 23.1 Å². The van der Waals surface area contributed by atoms with E-state index in [1.54, 1.807) is 0 Å². The number of fused-ring (bicyclic) bond motifs is 1. The fourth-order valence-electron chi connectivity index (χ4n) is 2.37. The number of benzene rings is 2. The molecule has 0 saturated heterocycles. The predicted octanol–water partition coefficient (Wildman–Crippen LogP) is 5.23. The minimum Gasteiger partial charge on any atom is -0.378 e. The highest BCUT2D eigenvalue weighted by Crippen LogP contribution is 2.26. The molecule has 3 rings (SSSR count). The van der Waals surface area contributed by atoms with Gasteiger partial charge in [0.1, 0.15) is 0 Å². The summed E-state index contributed by atoms with van der Waals surface area (Å²) in [5, 5.41) is 1.15. The smallest absolute Gasteiger partial charge is 0.0708 e. The maximum absolute atomic E-state index is 4.44. The van der Waals surface area contributed by atoms with Gasteiger partial charge in [0.2, 0.25) is 0 Å². The lowest BCUT2D eigenvalue weighted by molar-refractivity contribution is 1.13. The fraction of sp³-hybridized carbons (Fsp3) is 0.105. The van der Waals surface area contributed by atoms with Crippen LogP contribution in [0.3, 0.4) is 0 Å². The van der Waals surface area contributed by atoms with Gasteiger partial charge in [-0.2, -0.15) is 0 Å². The molecule has 110 valence electrons. The lowest BCUT2D eigenvalue weighted by atomic mass is 10.1. The SMILES string of the molecule is CN(C)c1ccc(/C=C/c2c(Br)cnc3ccccc23)cc1. The zero-order chi connectivity index (χ0) is 15.5. The van der Waals surface area contributed by atoms with Crippen molar-refractivity contribution in [1.29, 1.82) is 0 Å². The maximum Gasteiger partial charge on any atom is 0.0708 e. The molecule has 2 aromatic carbocycles. The van der Waals surface area contributed by atoms with Crippen molar-refractivity contribution in [3.63, 3.8) is 0 Å². The molecule has 0 N–H and O–H groups in total. The van der Waals surface area contributed by atoms with Crippen LogP contribution in [0.4, 0.5) is 5.69 Å². The van der Waals surface area contributed by atoms with E-state index in [1.165, 1.54) is 11.3 Å². The molecule has 0 saturated carbocycles. The highest BCUT2D eigenvalue weighted by Gasteiger charge is 2.03. The second-order valence-electron chi connectivity index (χ2n) is 5.36. The van der Waals surface area contributed by atoms with E-state index in [9.17, 15) is 0 Å². The fourth-order valence-corrected chi connectivity index (χ4v) is 2.82. The summed E-state index contributed by atoms with van der Waals surface area (Å²) in [5.74, 6) is 0. The van der Waals surface area contributed by atoms with Gasteiger partial charge in [-0.25, -0.2) is 0 Å². The first-order valence-corrected chi connectivity index (χ1v) is 7.93. The van der Waals surface area contributed by atoms with Gasteiger partial charge in [0.25, 0.3) is 0 Å². The summed E-state index contributed by atoms with van der Waals surface area (Å²) < 4.78 is 1.01. The molecule has 3 aromatic rings. The number of pyridine rings is 1. The van der Waals surface area contributed by atoms with Gasteiger partial charge >= 0.3 is 0 Å². The van der Waals surface area contributed by atoms with Gasteiger partial charge in [-0.15, -0.1) is 0 Å². The number of rotatable bonds is 3. The minimum absolute atomic E-state index is 1.01. The first-order valence-electron chi connectivity index (χ1n) is 7.14. The van der Waals surface area contributed by atoms with Crippen LogP contribution in [0.1, 0.15) is 11.1 Å². The van der Waals surface area contributed by atoms with Crippen molar-refractivity contribution in [2.24, 2.45) is 0 Å². The summed E-state index contributed by atoms with van der Waals surface area (Å²) in [7, 11) is 4.09. The standard InChI is InChI=1S/C19H17BrN2/c1-22(2)15-10-7-14(8-11-15)9-12-16-17-5-3-4-6-19(17)21-13-18(16)20/h3-13H,1-2H3/b12-9+. The van der Waals surface area contributed by atoms with E-state index < -0.39 is 0 Å². The average Bonchev–Trinajstić information content (AvgIpc) is 2.54. The number of hydrogen-bond acceptors (Lipinski definition) is 2. The molecule has 0 aliphatic heterocycles. The molecule has 0 amide bonds. The van der Waals surface area contributed by atoms with E-state index in [1.807, 2.05) is 38.5 Å². The summed E-state index contributed by atoms with van der Waals surface area (Å²) in [6, 6.07) is 16.7. The van der Waals surface area contributed by atoms with Crippen LogP contribution >= 0.6 is 15.9 Å². The Morgan fingerprint density at radius 1 is 0.955 bits per heavy atom. The van der Waals surface area contributed by atoms with Gasteiger partial charge in [0, 0.05) is 35.8 Å². The van der Waals surface area contributed by atoms with Crippen molar-refractivity contribution >= 4 is 44.7 Å². The number of hydrogen-bond donors (Lipinski definition) is 0. The van der Waals surface area contributed by atoms with Crippen LogP contribution in [0.15, 0.2) is 59.2 Å². The van der Waals surface area contributed by atoms with E-state index in [-0.39, 0.29) is 0 Å². The summed E-state index contributed by atoms with van der Waals surface area (Å²) >= 11 is 3.60. The van der Waals surface area contributed by atoms with Crippen LogP contribution in [0.2, 0.25) is 0 Å². The number of para-hydroxylation sites is 1. The summed E-state index contributed by atoms with van der Waals surface area (Å²) in [4.78, 5) is 6.54. The Kier molecular flexibility index (Phi) is 4.25. The zero-order valence-corrected chi connectivity index (χ0v) is 14.2. The third kappa shape index (κ3) is 3.04. The first kappa shape index (κ1) is 14.8. The monoisotopic (exact) mass is 352 g/mol. The van der Waals surface area contributed by atoms with Crippen LogP contribution in [0.5, 0.6) is 0 Å². The molecule has 0 unspecified atom stereocenters. The third-order valence-corrected chi connectivity index (χ3v) is 4.25. The predicted molar refractivity (Wildman–Crippen MR) is 99.1 cm³/mol. The molecule has 0 fully saturated rings. The number of halogens is 1. The Morgan fingerprint density at radius 2 is 1.68 bits per heavy atom. The van der Waals surface area contributed by atoms with Gasteiger partial charge in [-0.1, -0.05) is 42.5 Å². The van der Waals surface area contributed by atoms with Crippen molar-refractivity contribution in [2.75, 3.05) is 19.0 Å². The highest BCUT2D eigenvalue weighted by atomic mass is 79.9. The second kappa shape index (κ2) is 6.32. The van der Waals surface area contributed by atoms with Gasteiger partial charge in [-0.3, -0.25) is 4.98 Å². The van der Waals surface area contributed by atoms with Crippen molar-refractivity contribution in [2.45, 2.75) is 0 Å². The van der Waals surface area contributed by atoms with Gasteiger partial charge in [0.05, 0.1) is 5.52 Å². The molecule has 0 bridgehead atoms. The molecule has 0 radical (unpaired) electrons. The molecule has 2 nitrogen and oxygen atoms in total. The summed E-state index contributed by atoms with van der Waals surface area (Å²) in [6.07, 6.45) is 6.13. The Balaban J connectivity index is 1.97. The van der Waals surface area contributed by atoms with E-state index in [0.29, 0.717) is 0 Å². The lowest BCUT2D eigenvalue weighted by Gasteiger charge is -2.11. The average molecular weight is 353 g/mol. The van der Waals surface area contributed by atoms with Gasteiger partial charge < -0.3 is 4.90 Å². The summed E-state index contributed by atoms with van der Waals surface area (Å²) in [5.41, 5.74) is 4.54. The molecule has 22 heavy (non-hydrogen) atoms. The third-order valence-electron chi connectivity index (χ3n) is 3.62. The normalized spacial score (nSPS) is 11.2. The van der Waals surface area contributed by atoms with E-state index >= 15 is 0 Å². The molecular weight excluding hydrogens is 336 g/mol. The molecule has 3 heteroatoms. The van der Waals surface area contributed by atoms with Crippen molar-refractivity contribution in [3.05, 3.63) is 70.3 Å².